The van der Waals surface area contributed by atoms with Crippen LogP contribution >= 0.6 is 0 Å². The third-order valence-electron chi connectivity index (χ3n) is 4.75. The van der Waals surface area contributed by atoms with E-state index in [4.69, 9.17) is 9.15 Å². The van der Waals surface area contributed by atoms with Crippen LogP contribution < -0.4 is 10.2 Å². The Hall–Kier alpha value is -3.33. The first-order chi connectivity index (χ1) is 12.3. The summed E-state index contributed by atoms with van der Waals surface area (Å²) in [6.45, 7) is 0. The van der Waals surface area contributed by atoms with Crippen molar-refractivity contribution in [2.75, 3.05) is 7.11 Å². The topological polar surface area (TPSA) is 39.4 Å². The van der Waals surface area contributed by atoms with E-state index in [2.05, 4.69) is 0 Å². The largest absolute Gasteiger partial charge is 0.497 e. The second kappa shape index (κ2) is 5.08. The minimum atomic E-state index is -0.000258. The van der Waals surface area contributed by atoms with Crippen LogP contribution in [-0.4, -0.2) is 7.11 Å². The molecule has 3 heteroatoms. The Kier molecular flexibility index (Phi) is 2.86. The summed E-state index contributed by atoms with van der Waals surface area (Å²) >= 11 is 0. The Labute approximate surface area is 143 Å². The molecule has 0 amide bonds. The lowest BCUT2D eigenvalue weighted by atomic mass is 10.0. The highest BCUT2D eigenvalue weighted by Crippen LogP contribution is 2.31. The second-order valence-corrected chi connectivity index (χ2v) is 6.12. The number of rotatable bonds is 1. The summed E-state index contributed by atoms with van der Waals surface area (Å²) in [7, 11) is 1.64. The van der Waals surface area contributed by atoms with Crippen LogP contribution in [0.5, 0.6) is 5.75 Å². The van der Waals surface area contributed by atoms with E-state index < -0.39 is 0 Å². The quantitative estimate of drug-likeness (QED) is 0.311. The second-order valence-electron chi connectivity index (χ2n) is 6.12. The molecular weight excluding hydrogens is 312 g/mol. The van der Waals surface area contributed by atoms with E-state index in [0.29, 0.717) is 21.9 Å². The highest BCUT2D eigenvalue weighted by atomic mass is 16.5. The third kappa shape index (κ3) is 1.96. The molecule has 120 valence electrons. The molecule has 1 heterocycles. The molecule has 0 saturated carbocycles. The predicted molar refractivity (Wildman–Crippen MR) is 102 cm³/mol. The molecule has 0 atom stereocenters. The standard InChI is InChI=1S/C22H14O3/c1-24-15-8-11-17-14(12-15)7-10-19-20(23)18-9-6-13-4-2-3-5-16(13)21(18)25-22(17)19/h2-12H,1H3. The van der Waals surface area contributed by atoms with Gasteiger partial charge in [0.15, 0.2) is 0 Å². The fraction of sp³-hybridized carbons (Fsp3) is 0.0455. The molecule has 0 bridgehead atoms. The zero-order valence-electron chi connectivity index (χ0n) is 13.6. The van der Waals surface area contributed by atoms with Gasteiger partial charge in [0.1, 0.15) is 16.9 Å². The molecule has 3 nitrogen and oxygen atoms in total. The molecule has 0 aliphatic heterocycles. The van der Waals surface area contributed by atoms with E-state index in [1.165, 1.54) is 0 Å². The fourth-order valence-electron chi connectivity index (χ4n) is 3.47. The zero-order chi connectivity index (χ0) is 17.0. The van der Waals surface area contributed by atoms with Gasteiger partial charge in [0.2, 0.25) is 5.43 Å². The van der Waals surface area contributed by atoms with E-state index in [9.17, 15) is 4.79 Å². The lowest BCUT2D eigenvalue weighted by Crippen LogP contribution is -2.02. The Morgan fingerprint density at radius 1 is 0.720 bits per heavy atom. The summed E-state index contributed by atoms with van der Waals surface area (Å²) in [5.41, 5.74) is 1.26. The van der Waals surface area contributed by atoms with Gasteiger partial charge >= 0.3 is 0 Å². The number of hydrogen-bond acceptors (Lipinski definition) is 3. The minimum Gasteiger partial charge on any atom is -0.497 e. The van der Waals surface area contributed by atoms with Crippen molar-refractivity contribution in [2.45, 2.75) is 0 Å². The Morgan fingerprint density at radius 3 is 2.12 bits per heavy atom. The molecule has 0 aliphatic rings. The van der Waals surface area contributed by atoms with Crippen LogP contribution in [0.2, 0.25) is 0 Å². The van der Waals surface area contributed by atoms with Gasteiger partial charge in [-0.2, -0.15) is 0 Å². The zero-order valence-corrected chi connectivity index (χ0v) is 13.6. The monoisotopic (exact) mass is 326 g/mol. The molecule has 1 aromatic heterocycles. The van der Waals surface area contributed by atoms with E-state index in [-0.39, 0.29) is 5.43 Å². The molecule has 25 heavy (non-hydrogen) atoms. The minimum absolute atomic E-state index is 0.000258. The average Bonchev–Trinajstić information content (AvgIpc) is 2.67. The molecule has 0 aliphatic carbocycles. The number of ether oxygens (including phenoxy) is 1. The van der Waals surface area contributed by atoms with Crippen molar-refractivity contribution in [3.63, 3.8) is 0 Å². The van der Waals surface area contributed by atoms with Gasteiger partial charge < -0.3 is 9.15 Å². The van der Waals surface area contributed by atoms with Gasteiger partial charge in [-0.05, 0) is 41.1 Å². The van der Waals surface area contributed by atoms with Crippen molar-refractivity contribution in [3.8, 4) is 5.75 Å². The van der Waals surface area contributed by atoms with Crippen LogP contribution in [0, 0.1) is 0 Å². The van der Waals surface area contributed by atoms with Gasteiger partial charge in [-0.15, -0.1) is 0 Å². The average molecular weight is 326 g/mol. The summed E-state index contributed by atoms with van der Waals surface area (Å²) in [6, 6.07) is 21.3. The normalized spacial score (nSPS) is 11.6. The summed E-state index contributed by atoms with van der Waals surface area (Å²) in [5.74, 6) is 0.778. The molecule has 4 aromatic carbocycles. The van der Waals surface area contributed by atoms with E-state index in [0.717, 1.165) is 27.3 Å². The van der Waals surface area contributed by atoms with E-state index in [1.807, 2.05) is 66.7 Å². The maximum absolute atomic E-state index is 13.0. The van der Waals surface area contributed by atoms with Crippen LogP contribution in [0.4, 0.5) is 0 Å². The number of fused-ring (bicyclic) bond motifs is 6. The van der Waals surface area contributed by atoms with Crippen molar-refractivity contribution in [2.24, 2.45) is 0 Å². The van der Waals surface area contributed by atoms with E-state index in [1.54, 1.807) is 7.11 Å². The molecule has 0 N–H and O–H groups in total. The van der Waals surface area contributed by atoms with Gasteiger partial charge in [-0.3, -0.25) is 4.79 Å². The van der Waals surface area contributed by atoms with Crippen molar-refractivity contribution in [1.29, 1.82) is 0 Å². The molecule has 0 unspecified atom stereocenters. The fourth-order valence-corrected chi connectivity index (χ4v) is 3.47. The lowest BCUT2D eigenvalue weighted by molar-refractivity contribution is 0.415. The summed E-state index contributed by atoms with van der Waals surface area (Å²) < 4.78 is 11.6. The van der Waals surface area contributed by atoms with Crippen LogP contribution in [0.25, 0.3) is 43.5 Å². The van der Waals surface area contributed by atoms with Crippen LogP contribution in [0.1, 0.15) is 0 Å². The molecule has 5 rings (SSSR count). The SMILES string of the molecule is COc1ccc2c(ccc3c(=O)c4ccc5ccccc5c4oc32)c1. The van der Waals surface area contributed by atoms with E-state index >= 15 is 0 Å². The van der Waals surface area contributed by atoms with Crippen molar-refractivity contribution >= 4 is 43.5 Å². The highest BCUT2D eigenvalue weighted by Gasteiger charge is 2.13. The van der Waals surface area contributed by atoms with Crippen molar-refractivity contribution in [1.82, 2.24) is 0 Å². The first-order valence-electron chi connectivity index (χ1n) is 8.11. The van der Waals surface area contributed by atoms with Crippen LogP contribution in [0.15, 0.2) is 75.9 Å². The van der Waals surface area contributed by atoms with Crippen molar-refractivity contribution < 1.29 is 9.15 Å². The van der Waals surface area contributed by atoms with Gasteiger partial charge in [0.05, 0.1) is 17.9 Å². The number of benzene rings is 4. The first kappa shape index (κ1) is 14.1. The van der Waals surface area contributed by atoms with Crippen LogP contribution in [0.3, 0.4) is 0 Å². The van der Waals surface area contributed by atoms with Crippen molar-refractivity contribution in [3.05, 3.63) is 77.0 Å². The summed E-state index contributed by atoms with van der Waals surface area (Å²) in [4.78, 5) is 13.0. The molecule has 5 aromatic rings. The Balaban J connectivity index is 2.02. The lowest BCUT2D eigenvalue weighted by Gasteiger charge is -2.08. The Morgan fingerprint density at radius 2 is 1.36 bits per heavy atom. The van der Waals surface area contributed by atoms with Gasteiger partial charge in [-0.25, -0.2) is 0 Å². The summed E-state index contributed by atoms with van der Waals surface area (Å²) in [6.07, 6.45) is 0. The number of hydrogen-bond donors (Lipinski definition) is 0. The highest BCUT2D eigenvalue weighted by molar-refractivity contribution is 6.11. The summed E-state index contributed by atoms with van der Waals surface area (Å²) in [5, 5.41) is 5.10. The smallest absolute Gasteiger partial charge is 0.200 e. The number of methoxy groups -OCH3 is 1. The maximum Gasteiger partial charge on any atom is 0.200 e. The third-order valence-corrected chi connectivity index (χ3v) is 4.75. The van der Waals surface area contributed by atoms with Gasteiger partial charge in [0.25, 0.3) is 0 Å². The first-order valence-corrected chi connectivity index (χ1v) is 8.11. The Bertz CT molecular complexity index is 1350. The molecular formula is C22H14O3. The molecule has 0 radical (unpaired) electrons. The van der Waals surface area contributed by atoms with Crippen LogP contribution in [-0.2, 0) is 0 Å². The van der Waals surface area contributed by atoms with Gasteiger partial charge in [-0.1, -0.05) is 36.4 Å². The molecule has 0 saturated heterocycles. The molecule has 0 fully saturated rings. The predicted octanol–water partition coefficient (Wildman–Crippen LogP) is 5.26. The van der Waals surface area contributed by atoms with Gasteiger partial charge in [0, 0.05) is 10.8 Å². The molecule has 0 spiro atoms. The maximum atomic E-state index is 13.0.